The molecular formula is C16H20ClN3OS. The van der Waals surface area contributed by atoms with Crippen molar-refractivity contribution >= 4 is 35.0 Å². The van der Waals surface area contributed by atoms with Gasteiger partial charge in [-0.1, -0.05) is 24.9 Å². The molecule has 22 heavy (non-hydrogen) atoms. The quantitative estimate of drug-likeness (QED) is 0.782. The Kier molecular flexibility index (Phi) is 5.91. The maximum atomic E-state index is 12.4. The normalized spacial score (nSPS) is 10.7. The minimum atomic E-state index is -0.220. The number of carbonyl (C=O) groups is 1. The highest BCUT2D eigenvalue weighted by Crippen LogP contribution is 2.23. The van der Waals surface area contributed by atoms with E-state index in [0.717, 1.165) is 30.0 Å². The highest BCUT2D eigenvalue weighted by Gasteiger charge is 2.20. The van der Waals surface area contributed by atoms with E-state index in [1.807, 2.05) is 30.5 Å². The van der Waals surface area contributed by atoms with Crippen LogP contribution in [-0.4, -0.2) is 21.9 Å². The Labute approximate surface area is 140 Å². The minimum absolute atomic E-state index is 0.220. The molecule has 0 aliphatic rings. The molecule has 0 spiro atoms. The molecule has 0 radical (unpaired) electrons. The van der Waals surface area contributed by atoms with Gasteiger partial charge in [0.25, 0.3) is 5.91 Å². The van der Waals surface area contributed by atoms with Crippen molar-refractivity contribution < 1.29 is 4.79 Å². The zero-order valence-electron chi connectivity index (χ0n) is 13.0. The van der Waals surface area contributed by atoms with Crippen LogP contribution in [0.1, 0.15) is 35.8 Å². The molecule has 1 heterocycles. The smallest absolute Gasteiger partial charge is 0.260 e. The Morgan fingerprint density at radius 3 is 2.64 bits per heavy atom. The standard InChI is InChI=1S/C16H20ClN3OS/c1-4-5-10-20-15(17)14(11(2)19-20)16(21)18-12-6-8-13(22-3)9-7-12/h6-9H,4-5,10H2,1-3H3,(H,18,21). The van der Waals surface area contributed by atoms with Crippen molar-refractivity contribution in [3.8, 4) is 0 Å². The van der Waals surface area contributed by atoms with E-state index in [0.29, 0.717) is 16.4 Å². The molecule has 0 saturated heterocycles. The third-order valence-electron chi connectivity index (χ3n) is 3.36. The van der Waals surface area contributed by atoms with Crippen molar-refractivity contribution in [1.82, 2.24) is 9.78 Å². The number of amides is 1. The minimum Gasteiger partial charge on any atom is -0.322 e. The van der Waals surface area contributed by atoms with Gasteiger partial charge in [0.1, 0.15) is 5.15 Å². The zero-order chi connectivity index (χ0) is 16.1. The fraction of sp³-hybridized carbons (Fsp3) is 0.375. The Morgan fingerprint density at radius 1 is 1.36 bits per heavy atom. The number of aryl methyl sites for hydroxylation is 2. The van der Waals surface area contributed by atoms with E-state index in [1.54, 1.807) is 23.4 Å². The number of carbonyl (C=O) groups excluding carboxylic acids is 1. The lowest BCUT2D eigenvalue weighted by molar-refractivity contribution is 0.102. The lowest BCUT2D eigenvalue weighted by Crippen LogP contribution is -2.13. The lowest BCUT2D eigenvalue weighted by Gasteiger charge is -2.06. The van der Waals surface area contributed by atoms with Crippen LogP contribution in [0.3, 0.4) is 0 Å². The summed E-state index contributed by atoms with van der Waals surface area (Å²) < 4.78 is 1.70. The molecule has 1 amide bonds. The molecule has 0 aliphatic carbocycles. The van der Waals surface area contributed by atoms with Crippen LogP contribution >= 0.6 is 23.4 Å². The highest BCUT2D eigenvalue weighted by molar-refractivity contribution is 7.98. The first-order valence-corrected chi connectivity index (χ1v) is 8.85. The van der Waals surface area contributed by atoms with Crippen LogP contribution in [-0.2, 0) is 6.54 Å². The summed E-state index contributed by atoms with van der Waals surface area (Å²) >= 11 is 7.97. The lowest BCUT2D eigenvalue weighted by atomic mass is 10.2. The number of unbranched alkanes of at least 4 members (excludes halogenated alkanes) is 1. The fourth-order valence-electron chi connectivity index (χ4n) is 2.14. The van der Waals surface area contributed by atoms with E-state index in [9.17, 15) is 4.79 Å². The van der Waals surface area contributed by atoms with Crippen molar-refractivity contribution in [3.63, 3.8) is 0 Å². The van der Waals surface area contributed by atoms with Crippen LogP contribution in [0.15, 0.2) is 29.2 Å². The van der Waals surface area contributed by atoms with Crippen LogP contribution in [0, 0.1) is 6.92 Å². The molecule has 1 aromatic carbocycles. The first-order chi connectivity index (χ1) is 10.6. The monoisotopic (exact) mass is 337 g/mol. The van der Waals surface area contributed by atoms with Gasteiger partial charge in [0, 0.05) is 17.1 Å². The molecule has 118 valence electrons. The van der Waals surface area contributed by atoms with Gasteiger partial charge in [-0.2, -0.15) is 5.10 Å². The number of hydrogen-bond acceptors (Lipinski definition) is 3. The molecule has 0 atom stereocenters. The predicted molar refractivity (Wildman–Crippen MR) is 93.1 cm³/mol. The number of rotatable bonds is 6. The molecule has 2 aromatic rings. The summed E-state index contributed by atoms with van der Waals surface area (Å²) in [5, 5.41) is 7.64. The summed E-state index contributed by atoms with van der Waals surface area (Å²) in [6, 6.07) is 7.71. The van der Waals surface area contributed by atoms with Gasteiger partial charge < -0.3 is 5.32 Å². The van der Waals surface area contributed by atoms with Crippen LogP contribution < -0.4 is 5.32 Å². The SMILES string of the molecule is CCCCn1nc(C)c(C(=O)Nc2ccc(SC)cc2)c1Cl. The average Bonchev–Trinajstić information content (AvgIpc) is 2.80. The van der Waals surface area contributed by atoms with Crippen LogP contribution in [0.4, 0.5) is 5.69 Å². The molecular weight excluding hydrogens is 318 g/mol. The molecule has 0 unspecified atom stereocenters. The maximum Gasteiger partial charge on any atom is 0.260 e. The molecule has 4 nitrogen and oxygen atoms in total. The van der Waals surface area contributed by atoms with Gasteiger partial charge in [0.2, 0.25) is 0 Å². The second-order valence-corrected chi connectivity index (χ2v) is 6.25. The molecule has 0 saturated carbocycles. The van der Waals surface area contributed by atoms with E-state index in [1.165, 1.54) is 0 Å². The number of thioether (sulfide) groups is 1. The number of halogens is 1. The van der Waals surface area contributed by atoms with Crippen molar-refractivity contribution in [1.29, 1.82) is 0 Å². The highest BCUT2D eigenvalue weighted by atomic mass is 35.5. The van der Waals surface area contributed by atoms with E-state index in [2.05, 4.69) is 17.3 Å². The zero-order valence-corrected chi connectivity index (χ0v) is 14.6. The number of nitrogens with one attached hydrogen (secondary N) is 1. The molecule has 2 rings (SSSR count). The number of aromatic nitrogens is 2. The summed E-state index contributed by atoms with van der Waals surface area (Å²) in [4.78, 5) is 13.6. The first-order valence-electron chi connectivity index (χ1n) is 7.25. The van der Waals surface area contributed by atoms with Gasteiger partial charge in [0.05, 0.1) is 11.3 Å². The van der Waals surface area contributed by atoms with Crippen molar-refractivity contribution in [3.05, 3.63) is 40.7 Å². The summed E-state index contributed by atoms with van der Waals surface area (Å²) in [5.41, 5.74) is 1.85. The van der Waals surface area contributed by atoms with E-state index < -0.39 is 0 Å². The second kappa shape index (κ2) is 7.70. The number of benzene rings is 1. The van der Waals surface area contributed by atoms with Gasteiger partial charge in [0.15, 0.2) is 0 Å². The molecule has 0 bridgehead atoms. The predicted octanol–water partition coefficient (Wildman–Crippen LogP) is 4.62. The van der Waals surface area contributed by atoms with E-state index >= 15 is 0 Å². The topological polar surface area (TPSA) is 46.9 Å². The Bertz CT molecular complexity index is 652. The van der Waals surface area contributed by atoms with Crippen molar-refractivity contribution in [2.24, 2.45) is 0 Å². The Hall–Kier alpha value is -1.46. The van der Waals surface area contributed by atoms with E-state index in [4.69, 9.17) is 11.6 Å². The number of hydrogen-bond donors (Lipinski definition) is 1. The van der Waals surface area contributed by atoms with Crippen LogP contribution in [0.5, 0.6) is 0 Å². The average molecular weight is 338 g/mol. The number of anilines is 1. The van der Waals surface area contributed by atoms with Gasteiger partial charge in [-0.3, -0.25) is 9.48 Å². The molecule has 6 heteroatoms. The summed E-state index contributed by atoms with van der Waals surface area (Å²) in [7, 11) is 0. The van der Waals surface area contributed by atoms with Gasteiger partial charge >= 0.3 is 0 Å². The Morgan fingerprint density at radius 2 is 2.05 bits per heavy atom. The summed E-state index contributed by atoms with van der Waals surface area (Å²) in [5.74, 6) is -0.220. The van der Waals surface area contributed by atoms with Gasteiger partial charge in [-0.15, -0.1) is 11.8 Å². The van der Waals surface area contributed by atoms with Crippen molar-refractivity contribution in [2.75, 3.05) is 11.6 Å². The van der Waals surface area contributed by atoms with Crippen molar-refractivity contribution in [2.45, 2.75) is 38.1 Å². The van der Waals surface area contributed by atoms with E-state index in [-0.39, 0.29) is 5.91 Å². The second-order valence-electron chi connectivity index (χ2n) is 5.01. The summed E-state index contributed by atoms with van der Waals surface area (Å²) in [6.45, 7) is 4.64. The number of nitrogens with zero attached hydrogens (tertiary/aromatic N) is 2. The molecule has 0 aliphatic heterocycles. The first kappa shape index (κ1) is 16.9. The molecule has 1 N–H and O–H groups in total. The third-order valence-corrected chi connectivity index (χ3v) is 4.49. The van der Waals surface area contributed by atoms with Gasteiger partial charge in [-0.25, -0.2) is 0 Å². The van der Waals surface area contributed by atoms with Crippen LogP contribution in [0.2, 0.25) is 5.15 Å². The summed E-state index contributed by atoms with van der Waals surface area (Å²) in [6.07, 6.45) is 4.05. The molecule has 1 aromatic heterocycles. The Balaban J connectivity index is 2.16. The van der Waals surface area contributed by atoms with Crippen LogP contribution in [0.25, 0.3) is 0 Å². The third kappa shape index (κ3) is 3.84. The molecule has 0 fully saturated rings. The maximum absolute atomic E-state index is 12.4. The fourth-order valence-corrected chi connectivity index (χ4v) is 2.89. The van der Waals surface area contributed by atoms with Gasteiger partial charge in [-0.05, 0) is 43.9 Å². The largest absolute Gasteiger partial charge is 0.322 e.